The first kappa shape index (κ1) is 20.2. The van der Waals surface area contributed by atoms with Crippen LogP contribution in [0.5, 0.6) is 6.01 Å². The Bertz CT molecular complexity index is 904. The molecule has 0 spiro atoms. The van der Waals surface area contributed by atoms with E-state index in [0.29, 0.717) is 0 Å². The maximum absolute atomic E-state index is 13.3. The summed E-state index contributed by atoms with van der Waals surface area (Å²) in [6.45, 7) is 4.61. The summed E-state index contributed by atoms with van der Waals surface area (Å²) in [6.07, 6.45) is -3.82. The molecule has 146 valence electrons. The van der Waals surface area contributed by atoms with Gasteiger partial charge in [0.15, 0.2) is 20.6 Å². The Morgan fingerprint density at radius 3 is 2.46 bits per heavy atom. The van der Waals surface area contributed by atoms with Gasteiger partial charge in [0.05, 0.1) is 17.9 Å². The number of alkyl halides is 3. The fraction of sp³-hybridized carbons (Fsp3) is 0.571. The van der Waals surface area contributed by atoms with Gasteiger partial charge >= 0.3 is 6.18 Å². The zero-order valence-electron chi connectivity index (χ0n) is 14.5. The van der Waals surface area contributed by atoms with Crippen molar-refractivity contribution in [2.24, 2.45) is 7.05 Å². The molecule has 0 amide bonds. The lowest BCUT2D eigenvalue weighted by Crippen LogP contribution is -2.32. The van der Waals surface area contributed by atoms with E-state index in [1.165, 1.54) is 13.0 Å². The molecular formula is C14H18F3N3O5S. The number of aromatic nitrogens is 2. The van der Waals surface area contributed by atoms with Crippen LogP contribution >= 0.6 is 0 Å². The van der Waals surface area contributed by atoms with Crippen molar-refractivity contribution < 1.29 is 31.2 Å². The summed E-state index contributed by atoms with van der Waals surface area (Å²) in [5, 5.41) is -0.411. The highest BCUT2D eigenvalue weighted by atomic mass is 32.2. The van der Waals surface area contributed by atoms with Crippen molar-refractivity contribution in [2.45, 2.75) is 38.3 Å². The molecule has 0 fully saturated rings. The van der Waals surface area contributed by atoms with Crippen LogP contribution < -0.4 is 15.8 Å². The van der Waals surface area contributed by atoms with Crippen LogP contribution in [-0.2, 0) is 33.7 Å². The number of halogens is 3. The van der Waals surface area contributed by atoms with Crippen LogP contribution in [0.15, 0.2) is 15.9 Å². The first-order chi connectivity index (χ1) is 11.8. The fourth-order valence-corrected chi connectivity index (χ4v) is 3.66. The Morgan fingerprint density at radius 1 is 1.38 bits per heavy atom. The van der Waals surface area contributed by atoms with Crippen molar-refractivity contribution in [1.82, 2.24) is 15.0 Å². The minimum Gasteiger partial charge on any atom is -0.465 e. The number of rotatable bonds is 5. The predicted molar refractivity (Wildman–Crippen MR) is 84.7 cm³/mol. The maximum atomic E-state index is 13.3. The lowest BCUT2D eigenvalue weighted by Gasteiger charge is -2.16. The summed E-state index contributed by atoms with van der Waals surface area (Å²) in [4.78, 5) is 20.7. The number of hydroxylamine groups is 1. The Balaban J connectivity index is 2.59. The summed E-state index contributed by atoms with van der Waals surface area (Å²) in [5.74, 6) is -1.19. The Hall–Kier alpha value is -2.08. The minimum absolute atomic E-state index is 0.0154. The van der Waals surface area contributed by atoms with Crippen LogP contribution in [0.1, 0.15) is 32.0 Å². The van der Waals surface area contributed by atoms with Gasteiger partial charge in [0, 0.05) is 7.05 Å². The number of nitrogens with zero attached hydrogens (tertiary/aromatic N) is 2. The van der Waals surface area contributed by atoms with Crippen LogP contribution in [0.2, 0.25) is 0 Å². The third kappa shape index (κ3) is 4.01. The number of sulfone groups is 1. The van der Waals surface area contributed by atoms with E-state index >= 15 is 0 Å². The van der Waals surface area contributed by atoms with E-state index in [2.05, 4.69) is 10.5 Å². The van der Waals surface area contributed by atoms with Crippen LogP contribution in [0.4, 0.5) is 13.2 Å². The van der Waals surface area contributed by atoms with Crippen molar-refractivity contribution in [3.8, 4) is 6.01 Å². The molecule has 12 heteroatoms. The number of hydrogen-bond acceptors (Lipinski definition) is 7. The lowest BCUT2D eigenvalue weighted by atomic mass is 10.1. The molecule has 0 unspecified atom stereocenters. The highest BCUT2D eigenvalue weighted by Gasteiger charge is 2.41. The van der Waals surface area contributed by atoms with Crippen LogP contribution in [0.25, 0.3) is 0 Å². The number of ether oxygens (including phenoxy) is 1. The standard InChI is InChI=1S/C14H18F3N3O5S/c1-5-24-12-18-10(14(15,16)17)8(11(21)20(12)4)7-26(22,23)9-6-13(2,3)25-19-9/h6,19H,5,7H2,1-4H3. The summed E-state index contributed by atoms with van der Waals surface area (Å²) in [7, 11) is -3.15. The Labute approximate surface area is 147 Å². The lowest BCUT2D eigenvalue weighted by molar-refractivity contribution is -0.142. The van der Waals surface area contributed by atoms with Crippen molar-refractivity contribution >= 4 is 9.84 Å². The molecule has 2 rings (SSSR count). The van der Waals surface area contributed by atoms with E-state index in [1.807, 2.05) is 0 Å². The molecule has 0 atom stereocenters. The molecule has 0 saturated heterocycles. The predicted octanol–water partition coefficient (Wildman–Crippen LogP) is 1.27. The topological polar surface area (TPSA) is 99.5 Å². The Morgan fingerprint density at radius 2 is 2.00 bits per heavy atom. The molecule has 0 radical (unpaired) electrons. The van der Waals surface area contributed by atoms with Crippen molar-refractivity contribution in [3.63, 3.8) is 0 Å². The van der Waals surface area contributed by atoms with Gasteiger partial charge in [-0.3, -0.25) is 19.7 Å². The first-order valence-corrected chi connectivity index (χ1v) is 9.13. The molecule has 0 bridgehead atoms. The van der Waals surface area contributed by atoms with Gasteiger partial charge in [-0.15, -0.1) is 0 Å². The molecule has 0 aromatic carbocycles. The maximum Gasteiger partial charge on any atom is 0.434 e. The SMILES string of the molecule is CCOc1nc(C(F)(F)F)c(CS(=O)(=O)C2=CC(C)(C)ON2)c(=O)n1C. The monoisotopic (exact) mass is 397 g/mol. The van der Waals surface area contributed by atoms with Gasteiger partial charge in [-0.2, -0.15) is 18.2 Å². The van der Waals surface area contributed by atoms with E-state index in [-0.39, 0.29) is 6.61 Å². The van der Waals surface area contributed by atoms with E-state index in [0.717, 1.165) is 11.6 Å². The van der Waals surface area contributed by atoms with Gasteiger partial charge in [-0.1, -0.05) is 0 Å². The third-order valence-electron chi connectivity index (χ3n) is 3.45. The van der Waals surface area contributed by atoms with Gasteiger partial charge in [-0.05, 0) is 26.8 Å². The van der Waals surface area contributed by atoms with Gasteiger partial charge in [0.2, 0.25) is 0 Å². The zero-order valence-corrected chi connectivity index (χ0v) is 15.3. The molecule has 1 aliphatic rings. The third-order valence-corrected chi connectivity index (χ3v) is 4.99. The molecule has 2 heterocycles. The normalized spacial score (nSPS) is 17.0. The smallest absolute Gasteiger partial charge is 0.434 e. The summed E-state index contributed by atoms with van der Waals surface area (Å²) in [5.41, 5.74) is -2.53. The second-order valence-electron chi connectivity index (χ2n) is 6.09. The van der Waals surface area contributed by atoms with E-state index in [1.54, 1.807) is 13.8 Å². The highest BCUT2D eigenvalue weighted by Crippen LogP contribution is 2.32. The second-order valence-corrected chi connectivity index (χ2v) is 8.05. The van der Waals surface area contributed by atoms with Crippen LogP contribution in [-0.4, -0.2) is 30.2 Å². The molecule has 1 N–H and O–H groups in total. The largest absolute Gasteiger partial charge is 0.465 e. The fourth-order valence-electron chi connectivity index (χ4n) is 2.23. The average Bonchev–Trinajstić information content (AvgIpc) is 2.86. The molecule has 1 aromatic heterocycles. The minimum atomic E-state index is -5.03. The number of hydrogen-bond donors (Lipinski definition) is 1. The molecule has 26 heavy (non-hydrogen) atoms. The van der Waals surface area contributed by atoms with Gasteiger partial charge < -0.3 is 4.74 Å². The molecule has 0 saturated carbocycles. The summed E-state index contributed by atoms with van der Waals surface area (Å²) in [6, 6.07) is -0.548. The van der Waals surface area contributed by atoms with E-state index in [4.69, 9.17) is 9.57 Å². The zero-order chi connectivity index (χ0) is 19.9. The molecule has 1 aromatic rings. The molecule has 1 aliphatic heterocycles. The van der Waals surface area contributed by atoms with Crippen molar-refractivity contribution in [1.29, 1.82) is 0 Å². The van der Waals surface area contributed by atoms with E-state index in [9.17, 15) is 26.4 Å². The molecule has 8 nitrogen and oxygen atoms in total. The van der Waals surface area contributed by atoms with Gasteiger partial charge in [-0.25, -0.2) is 8.42 Å². The first-order valence-electron chi connectivity index (χ1n) is 7.48. The van der Waals surface area contributed by atoms with Crippen LogP contribution in [0, 0.1) is 0 Å². The highest BCUT2D eigenvalue weighted by molar-refractivity contribution is 7.94. The summed E-state index contributed by atoms with van der Waals surface area (Å²) < 4.78 is 70.6. The van der Waals surface area contributed by atoms with E-state index < -0.39 is 55.2 Å². The average molecular weight is 397 g/mol. The van der Waals surface area contributed by atoms with Crippen molar-refractivity contribution in [2.75, 3.05) is 6.61 Å². The molecular weight excluding hydrogens is 379 g/mol. The van der Waals surface area contributed by atoms with Gasteiger partial charge in [0.25, 0.3) is 11.6 Å². The van der Waals surface area contributed by atoms with Crippen molar-refractivity contribution in [3.05, 3.63) is 32.7 Å². The second kappa shape index (κ2) is 6.58. The Kier molecular flexibility index (Phi) is 5.12. The van der Waals surface area contributed by atoms with Gasteiger partial charge in [0.1, 0.15) is 5.60 Å². The number of nitrogens with one attached hydrogen (secondary N) is 1. The van der Waals surface area contributed by atoms with Crippen LogP contribution in [0.3, 0.4) is 0 Å². The molecule has 0 aliphatic carbocycles. The summed E-state index contributed by atoms with van der Waals surface area (Å²) >= 11 is 0. The quantitative estimate of drug-likeness (QED) is 0.799.